The summed E-state index contributed by atoms with van der Waals surface area (Å²) in [6.07, 6.45) is 2.69. The number of benzene rings is 2. The van der Waals surface area contributed by atoms with Crippen LogP contribution in [-0.2, 0) is 4.79 Å². The largest absolute Gasteiger partial charge is 0.478 e. The first-order valence-corrected chi connectivity index (χ1v) is 5.80. The summed E-state index contributed by atoms with van der Waals surface area (Å²) in [6, 6.07) is 18.8. The van der Waals surface area contributed by atoms with Crippen molar-refractivity contribution in [2.24, 2.45) is 0 Å². The summed E-state index contributed by atoms with van der Waals surface area (Å²) in [6.45, 7) is 6.69. The fraction of sp³-hybridized carbons (Fsp3) is 0. The van der Waals surface area contributed by atoms with Crippen molar-refractivity contribution in [3.8, 4) is 11.1 Å². The molecule has 19 heavy (non-hydrogen) atoms. The van der Waals surface area contributed by atoms with Crippen LogP contribution < -0.4 is 0 Å². The van der Waals surface area contributed by atoms with Gasteiger partial charge in [0.2, 0.25) is 0 Å². The van der Waals surface area contributed by atoms with Crippen LogP contribution in [0.25, 0.3) is 17.2 Å². The van der Waals surface area contributed by atoms with Crippen molar-refractivity contribution < 1.29 is 9.90 Å². The van der Waals surface area contributed by atoms with Gasteiger partial charge in [0.15, 0.2) is 0 Å². The Bertz CT molecular complexity index is 539. The maximum absolute atomic E-state index is 9.25. The number of carboxylic acids is 1. The van der Waals surface area contributed by atoms with Gasteiger partial charge >= 0.3 is 5.97 Å². The molecule has 96 valence electrons. The third kappa shape index (κ3) is 5.04. The smallest absolute Gasteiger partial charge is 0.327 e. The van der Waals surface area contributed by atoms with Crippen molar-refractivity contribution in [1.29, 1.82) is 0 Å². The van der Waals surface area contributed by atoms with Gasteiger partial charge in [0.05, 0.1) is 0 Å². The maximum atomic E-state index is 9.25. The van der Waals surface area contributed by atoms with Crippen LogP contribution in [0.3, 0.4) is 0 Å². The first-order valence-electron chi connectivity index (χ1n) is 5.80. The molecule has 2 rings (SSSR count). The van der Waals surface area contributed by atoms with Gasteiger partial charge in [-0.15, -0.1) is 0 Å². The second-order valence-corrected chi connectivity index (χ2v) is 3.73. The minimum atomic E-state index is -0.981. The highest BCUT2D eigenvalue weighted by molar-refractivity contribution is 5.78. The van der Waals surface area contributed by atoms with Gasteiger partial charge in [-0.05, 0) is 16.7 Å². The number of carbonyl (C=O) groups is 1. The number of rotatable bonds is 3. The molecule has 2 aromatic rings. The summed E-state index contributed by atoms with van der Waals surface area (Å²) in [5, 5.41) is 7.60. The van der Waals surface area contributed by atoms with Crippen LogP contribution in [0.5, 0.6) is 0 Å². The van der Waals surface area contributed by atoms with E-state index in [-0.39, 0.29) is 0 Å². The fourth-order valence-electron chi connectivity index (χ4n) is 1.44. The van der Waals surface area contributed by atoms with Crippen LogP contribution in [0.15, 0.2) is 73.8 Å². The Morgan fingerprint density at radius 3 is 1.79 bits per heavy atom. The van der Waals surface area contributed by atoms with E-state index in [2.05, 4.69) is 61.7 Å². The summed E-state index contributed by atoms with van der Waals surface area (Å²) >= 11 is 0. The highest BCUT2D eigenvalue weighted by Gasteiger charge is 1.94. The Morgan fingerprint density at radius 1 is 0.895 bits per heavy atom. The van der Waals surface area contributed by atoms with Crippen molar-refractivity contribution in [2.45, 2.75) is 0 Å². The summed E-state index contributed by atoms with van der Waals surface area (Å²) in [7, 11) is 0. The molecule has 0 atom stereocenters. The second-order valence-electron chi connectivity index (χ2n) is 3.73. The topological polar surface area (TPSA) is 37.3 Å². The number of carboxylic acid groups (broad SMARTS) is 1. The van der Waals surface area contributed by atoms with Crippen LogP contribution in [-0.4, -0.2) is 11.1 Å². The molecule has 1 N–H and O–H groups in total. The predicted molar refractivity (Wildman–Crippen MR) is 79.8 cm³/mol. The zero-order chi connectivity index (χ0) is 14.1. The third-order valence-corrected chi connectivity index (χ3v) is 2.43. The van der Waals surface area contributed by atoms with E-state index in [1.807, 2.05) is 12.1 Å². The van der Waals surface area contributed by atoms with Gasteiger partial charge < -0.3 is 5.11 Å². The van der Waals surface area contributed by atoms with Gasteiger partial charge in [0.25, 0.3) is 0 Å². The van der Waals surface area contributed by atoms with Crippen LogP contribution in [0.4, 0.5) is 0 Å². The predicted octanol–water partition coefficient (Wildman–Crippen LogP) is 4.25. The lowest BCUT2D eigenvalue weighted by molar-refractivity contribution is -0.131. The molecule has 0 aromatic heterocycles. The molecule has 0 saturated heterocycles. The third-order valence-electron chi connectivity index (χ3n) is 2.43. The summed E-state index contributed by atoms with van der Waals surface area (Å²) in [4.78, 5) is 9.25. The van der Waals surface area contributed by atoms with Gasteiger partial charge in [0.1, 0.15) is 0 Å². The number of hydrogen-bond acceptors (Lipinski definition) is 1. The molecular weight excluding hydrogens is 236 g/mol. The van der Waals surface area contributed by atoms with E-state index in [0.717, 1.165) is 11.6 Å². The minimum Gasteiger partial charge on any atom is -0.478 e. The van der Waals surface area contributed by atoms with Crippen molar-refractivity contribution in [1.82, 2.24) is 0 Å². The fourth-order valence-corrected chi connectivity index (χ4v) is 1.44. The Kier molecular flexibility index (Phi) is 5.83. The monoisotopic (exact) mass is 252 g/mol. The molecule has 2 nitrogen and oxygen atoms in total. The molecule has 0 unspecified atom stereocenters. The molecular formula is C17H16O2. The lowest BCUT2D eigenvalue weighted by Gasteiger charge is -2.01. The van der Waals surface area contributed by atoms with Crippen LogP contribution in [0, 0.1) is 0 Å². The highest BCUT2D eigenvalue weighted by Crippen LogP contribution is 2.19. The Morgan fingerprint density at radius 2 is 1.37 bits per heavy atom. The SMILES string of the molecule is C=CC(=O)O.C=Cc1ccc(-c2ccccc2)cc1. The average Bonchev–Trinajstić information content (AvgIpc) is 2.49. The quantitative estimate of drug-likeness (QED) is 0.829. The van der Waals surface area contributed by atoms with Crippen LogP contribution >= 0.6 is 0 Å². The molecule has 0 saturated carbocycles. The van der Waals surface area contributed by atoms with E-state index in [4.69, 9.17) is 5.11 Å². The Hall–Kier alpha value is -2.61. The standard InChI is InChI=1S/C14H12.C3H4O2/c1-2-12-8-10-14(11-9-12)13-6-4-3-5-7-13;1-2-3(4)5/h2-11H,1H2;2H,1H2,(H,4,5). The number of hydrogen-bond donors (Lipinski definition) is 1. The van der Waals surface area contributed by atoms with Gasteiger partial charge in [0, 0.05) is 6.08 Å². The molecule has 2 heteroatoms. The molecule has 0 aliphatic heterocycles. The maximum Gasteiger partial charge on any atom is 0.327 e. The van der Waals surface area contributed by atoms with Gasteiger partial charge in [-0.2, -0.15) is 0 Å². The van der Waals surface area contributed by atoms with Gasteiger partial charge in [-0.3, -0.25) is 0 Å². The summed E-state index contributed by atoms with van der Waals surface area (Å²) < 4.78 is 0. The van der Waals surface area contributed by atoms with E-state index in [9.17, 15) is 4.79 Å². The van der Waals surface area contributed by atoms with Crippen LogP contribution in [0.1, 0.15) is 5.56 Å². The molecule has 0 spiro atoms. The lowest BCUT2D eigenvalue weighted by Crippen LogP contribution is -1.82. The zero-order valence-corrected chi connectivity index (χ0v) is 10.6. The normalized spacial score (nSPS) is 8.84. The molecule has 0 bridgehead atoms. The molecule has 0 aliphatic carbocycles. The second kappa shape index (κ2) is 7.67. The molecule has 0 aliphatic rings. The minimum absolute atomic E-state index is 0.833. The van der Waals surface area contributed by atoms with E-state index in [1.165, 1.54) is 11.1 Å². The van der Waals surface area contributed by atoms with E-state index in [1.54, 1.807) is 0 Å². The molecule has 0 fully saturated rings. The lowest BCUT2D eigenvalue weighted by atomic mass is 10.0. The van der Waals surface area contributed by atoms with Crippen LogP contribution in [0.2, 0.25) is 0 Å². The summed E-state index contributed by atoms with van der Waals surface area (Å²) in [5.74, 6) is -0.981. The molecule has 2 aromatic carbocycles. The average molecular weight is 252 g/mol. The van der Waals surface area contributed by atoms with Gasteiger partial charge in [-0.25, -0.2) is 4.79 Å². The zero-order valence-electron chi connectivity index (χ0n) is 10.6. The van der Waals surface area contributed by atoms with E-state index in [0.29, 0.717) is 0 Å². The molecule has 0 radical (unpaired) electrons. The Balaban J connectivity index is 0.000000312. The first kappa shape index (κ1) is 14.5. The molecule has 0 heterocycles. The molecule has 0 amide bonds. The highest BCUT2D eigenvalue weighted by atomic mass is 16.4. The first-order chi connectivity index (χ1) is 9.17. The van der Waals surface area contributed by atoms with Crippen molar-refractivity contribution >= 4 is 12.0 Å². The summed E-state index contributed by atoms with van der Waals surface area (Å²) in [5.41, 5.74) is 3.66. The van der Waals surface area contributed by atoms with E-state index >= 15 is 0 Å². The van der Waals surface area contributed by atoms with E-state index < -0.39 is 5.97 Å². The van der Waals surface area contributed by atoms with Crippen molar-refractivity contribution in [3.63, 3.8) is 0 Å². The van der Waals surface area contributed by atoms with Crippen molar-refractivity contribution in [2.75, 3.05) is 0 Å². The Labute approximate surface area is 113 Å². The number of aliphatic carboxylic acids is 1. The van der Waals surface area contributed by atoms with Gasteiger partial charge in [-0.1, -0.05) is 73.8 Å². The van der Waals surface area contributed by atoms with Crippen molar-refractivity contribution in [3.05, 3.63) is 79.4 Å².